The topological polar surface area (TPSA) is 47.0 Å². The summed E-state index contributed by atoms with van der Waals surface area (Å²) >= 11 is 0. The van der Waals surface area contributed by atoms with Gasteiger partial charge in [0.2, 0.25) is 5.88 Å². The van der Waals surface area contributed by atoms with E-state index < -0.39 is 0 Å². The number of hydrogen-bond acceptors (Lipinski definition) is 4. The summed E-state index contributed by atoms with van der Waals surface area (Å²) in [4.78, 5) is 8.36. The predicted octanol–water partition coefficient (Wildman–Crippen LogP) is 1.86. The molecule has 0 atom stereocenters. The van der Waals surface area contributed by atoms with E-state index in [0.29, 0.717) is 18.4 Å². The second kappa shape index (κ2) is 4.79. The van der Waals surface area contributed by atoms with Gasteiger partial charge in [0.1, 0.15) is 11.6 Å². The summed E-state index contributed by atoms with van der Waals surface area (Å²) < 4.78 is 5.50. The van der Waals surface area contributed by atoms with Crippen molar-refractivity contribution in [3.63, 3.8) is 0 Å². The van der Waals surface area contributed by atoms with Gasteiger partial charge in [-0.1, -0.05) is 13.8 Å². The summed E-state index contributed by atoms with van der Waals surface area (Å²) in [7, 11) is 1.83. The number of anilines is 1. The Morgan fingerprint density at radius 3 is 2.71 bits per heavy atom. The van der Waals surface area contributed by atoms with Crippen molar-refractivity contribution in [2.75, 3.05) is 19.0 Å². The highest BCUT2D eigenvalue weighted by atomic mass is 16.5. The van der Waals surface area contributed by atoms with E-state index in [4.69, 9.17) is 4.74 Å². The molecule has 0 aliphatic rings. The Kier molecular flexibility index (Phi) is 3.68. The molecule has 0 aliphatic carbocycles. The van der Waals surface area contributed by atoms with E-state index in [-0.39, 0.29) is 0 Å². The highest BCUT2D eigenvalue weighted by molar-refractivity contribution is 5.37. The molecule has 0 amide bonds. The van der Waals surface area contributed by atoms with Crippen molar-refractivity contribution >= 4 is 5.82 Å². The Labute approximate surface area is 84.7 Å². The first-order chi connectivity index (χ1) is 6.61. The summed E-state index contributed by atoms with van der Waals surface area (Å²) in [5.74, 6) is 2.64. The van der Waals surface area contributed by atoms with Crippen LogP contribution in [0.25, 0.3) is 0 Å². The Bertz CT molecular complexity index is 299. The number of ether oxygens (including phenoxy) is 1. The molecule has 0 saturated carbocycles. The Hall–Kier alpha value is -1.32. The standard InChI is InChI=1S/C10H17N3O/c1-7(2)6-14-10-5-9(11-4)12-8(3)13-10/h5,7H,6H2,1-4H3,(H,11,12,13). The highest BCUT2D eigenvalue weighted by Gasteiger charge is 2.02. The van der Waals surface area contributed by atoms with Crippen molar-refractivity contribution in [3.05, 3.63) is 11.9 Å². The molecule has 0 unspecified atom stereocenters. The average molecular weight is 195 g/mol. The Balaban J connectivity index is 2.71. The van der Waals surface area contributed by atoms with Crippen LogP contribution in [-0.2, 0) is 0 Å². The lowest BCUT2D eigenvalue weighted by atomic mass is 10.2. The number of nitrogens with one attached hydrogen (secondary N) is 1. The van der Waals surface area contributed by atoms with Crippen LogP contribution in [0.1, 0.15) is 19.7 Å². The molecule has 0 fully saturated rings. The smallest absolute Gasteiger partial charge is 0.218 e. The van der Waals surface area contributed by atoms with Crippen LogP contribution in [0.5, 0.6) is 5.88 Å². The van der Waals surface area contributed by atoms with E-state index in [0.717, 1.165) is 11.6 Å². The van der Waals surface area contributed by atoms with Crippen LogP contribution in [0.15, 0.2) is 6.07 Å². The lowest BCUT2D eigenvalue weighted by Crippen LogP contribution is -2.07. The van der Waals surface area contributed by atoms with E-state index >= 15 is 0 Å². The fraction of sp³-hybridized carbons (Fsp3) is 0.600. The zero-order valence-electron chi connectivity index (χ0n) is 9.16. The molecule has 0 aromatic carbocycles. The van der Waals surface area contributed by atoms with Crippen LogP contribution in [-0.4, -0.2) is 23.6 Å². The van der Waals surface area contributed by atoms with Crippen molar-refractivity contribution in [3.8, 4) is 5.88 Å². The minimum atomic E-state index is 0.503. The monoisotopic (exact) mass is 195 g/mol. The fourth-order valence-corrected chi connectivity index (χ4v) is 0.994. The van der Waals surface area contributed by atoms with Gasteiger partial charge in [0.05, 0.1) is 6.61 Å². The normalized spacial score (nSPS) is 10.4. The molecule has 1 aromatic heterocycles. The lowest BCUT2D eigenvalue weighted by Gasteiger charge is -2.09. The molecule has 1 aromatic rings. The van der Waals surface area contributed by atoms with E-state index in [1.165, 1.54) is 0 Å². The maximum absolute atomic E-state index is 5.50. The molecule has 4 nitrogen and oxygen atoms in total. The number of aromatic nitrogens is 2. The van der Waals surface area contributed by atoms with Gasteiger partial charge in [0.25, 0.3) is 0 Å². The van der Waals surface area contributed by atoms with Gasteiger partial charge in [-0.3, -0.25) is 0 Å². The van der Waals surface area contributed by atoms with Crippen LogP contribution < -0.4 is 10.1 Å². The third kappa shape index (κ3) is 3.20. The molecule has 0 aliphatic heterocycles. The summed E-state index contributed by atoms with van der Waals surface area (Å²) in [6.45, 7) is 6.74. The Morgan fingerprint density at radius 1 is 1.43 bits per heavy atom. The lowest BCUT2D eigenvalue weighted by molar-refractivity contribution is 0.260. The summed E-state index contributed by atoms with van der Waals surface area (Å²) in [6, 6.07) is 1.80. The van der Waals surface area contributed by atoms with Gasteiger partial charge in [0.15, 0.2) is 0 Å². The molecule has 0 radical (unpaired) electrons. The van der Waals surface area contributed by atoms with Gasteiger partial charge in [-0.2, -0.15) is 4.98 Å². The van der Waals surface area contributed by atoms with Crippen LogP contribution in [0, 0.1) is 12.8 Å². The molecular weight excluding hydrogens is 178 g/mol. The van der Waals surface area contributed by atoms with Crippen molar-refractivity contribution in [1.29, 1.82) is 0 Å². The van der Waals surface area contributed by atoms with Crippen molar-refractivity contribution in [1.82, 2.24) is 9.97 Å². The molecule has 14 heavy (non-hydrogen) atoms. The van der Waals surface area contributed by atoms with E-state index in [1.807, 2.05) is 14.0 Å². The Morgan fingerprint density at radius 2 is 2.14 bits per heavy atom. The summed E-state index contributed by atoms with van der Waals surface area (Å²) in [6.07, 6.45) is 0. The summed E-state index contributed by atoms with van der Waals surface area (Å²) in [5, 5.41) is 2.96. The van der Waals surface area contributed by atoms with Crippen LogP contribution in [0.3, 0.4) is 0 Å². The van der Waals surface area contributed by atoms with E-state index in [2.05, 4.69) is 29.1 Å². The first kappa shape index (κ1) is 10.8. The third-order valence-electron chi connectivity index (χ3n) is 1.64. The minimum absolute atomic E-state index is 0.503. The first-order valence-corrected chi connectivity index (χ1v) is 4.78. The quantitative estimate of drug-likeness (QED) is 0.796. The molecule has 0 bridgehead atoms. The average Bonchev–Trinajstić information content (AvgIpc) is 2.14. The van der Waals surface area contributed by atoms with Gasteiger partial charge in [-0.05, 0) is 12.8 Å². The van der Waals surface area contributed by atoms with E-state index in [1.54, 1.807) is 6.07 Å². The number of aryl methyl sites for hydroxylation is 1. The van der Waals surface area contributed by atoms with Crippen LogP contribution in [0.4, 0.5) is 5.82 Å². The largest absolute Gasteiger partial charge is 0.477 e. The zero-order valence-corrected chi connectivity index (χ0v) is 9.16. The molecule has 1 heterocycles. The van der Waals surface area contributed by atoms with Gasteiger partial charge < -0.3 is 10.1 Å². The number of hydrogen-bond donors (Lipinski definition) is 1. The van der Waals surface area contributed by atoms with Crippen molar-refractivity contribution < 1.29 is 4.74 Å². The van der Waals surface area contributed by atoms with Crippen molar-refractivity contribution in [2.24, 2.45) is 5.92 Å². The molecule has 1 N–H and O–H groups in total. The van der Waals surface area contributed by atoms with Crippen LogP contribution >= 0.6 is 0 Å². The van der Waals surface area contributed by atoms with Crippen LogP contribution in [0.2, 0.25) is 0 Å². The van der Waals surface area contributed by atoms with Gasteiger partial charge >= 0.3 is 0 Å². The number of nitrogens with zero attached hydrogens (tertiary/aromatic N) is 2. The van der Waals surface area contributed by atoms with Gasteiger partial charge in [-0.15, -0.1) is 0 Å². The maximum Gasteiger partial charge on any atom is 0.218 e. The molecule has 0 spiro atoms. The highest BCUT2D eigenvalue weighted by Crippen LogP contribution is 2.13. The van der Waals surface area contributed by atoms with Gasteiger partial charge in [0, 0.05) is 13.1 Å². The second-order valence-corrected chi connectivity index (χ2v) is 3.59. The summed E-state index contributed by atoms with van der Waals surface area (Å²) in [5.41, 5.74) is 0. The van der Waals surface area contributed by atoms with Gasteiger partial charge in [-0.25, -0.2) is 4.98 Å². The maximum atomic E-state index is 5.50. The second-order valence-electron chi connectivity index (χ2n) is 3.59. The van der Waals surface area contributed by atoms with E-state index in [9.17, 15) is 0 Å². The molecule has 0 saturated heterocycles. The predicted molar refractivity (Wildman–Crippen MR) is 56.6 cm³/mol. The zero-order chi connectivity index (χ0) is 10.6. The SMILES string of the molecule is CNc1cc(OCC(C)C)nc(C)n1. The molecule has 4 heteroatoms. The fourth-order valence-electron chi connectivity index (χ4n) is 0.994. The molecule has 78 valence electrons. The minimum Gasteiger partial charge on any atom is -0.477 e. The molecular formula is C10H17N3O. The van der Waals surface area contributed by atoms with Crippen molar-refractivity contribution in [2.45, 2.75) is 20.8 Å². The third-order valence-corrected chi connectivity index (χ3v) is 1.64. The molecule has 1 rings (SSSR count). The number of rotatable bonds is 4. The first-order valence-electron chi connectivity index (χ1n) is 4.78.